The Kier molecular flexibility index (Phi) is 7.00. The lowest BCUT2D eigenvalue weighted by molar-refractivity contribution is 0.257. The van der Waals surface area contributed by atoms with Gasteiger partial charge in [0.1, 0.15) is 0 Å². The van der Waals surface area contributed by atoms with Crippen LogP contribution in [0.15, 0.2) is 72.8 Å². The number of rotatable bonds is 9. The van der Waals surface area contributed by atoms with E-state index in [0.717, 1.165) is 39.7 Å². The fourth-order valence-electron chi connectivity index (χ4n) is 4.04. The van der Waals surface area contributed by atoms with Gasteiger partial charge in [0.2, 0.25) is 0 Å². The maximum absolute atomic E-state index is 5.78. The van der Waals surface area contributed by atoms with Crippen LogP contribution in [0.25, 0.3) is 5.69 Å². The summed E-state index contributed by atoms with van der Waals surface area (Å²) in [6, 6.07) is 24.3. The lowest BCUT2D eigenvalue weighted by Crippen LogP contribution is -2.28. The number of ether oxygens (including phenoxy) is 2. The number of nitrogens with zero attached hydrogens (tertiary/aromatic N) is 5. The molecule has 4 rings (SSSR count). The highest BCUT2D eigenvalue weighted by molar-refractivity contribution is 5.43. The highest BCUT2D eigenvalue weighted by Crippen LogP contribution is 2.32. The first kappa shape index (κ1) is 22.5. The van der Waals surface area contributed by atoms with Crippen molar-refractivity contribution in [3.63, 3.8) is 0 Å². The van der Waals surface area contributed by atoms with Gasteiger partial charge in [0.05, 0.1) is 25.4 Å². The van der Waals surface area contributed by atoms with E-state index in [1.54, 1.807) is 7.11 Å². The number of tetrazole rings is 1. The van der Waals surface area contributed by atoms with Crippen LogP contribution in [0.2, 0.25) is 0 Å². The van der Waals surface area contributed by atoms with Crippen LogP contribution in [0.3, 0.4) is 0 Å². The molecule has 0 amide bonds. The zero-order valence-electron chi connectivity index (χ0n) is 19.5. The molecule has 0 spiro atoms. The predicted molar refractivity (Wildman–Crippen MR) is 128 cm³/mol. The molecular weight excluding hydrogens is 414 g/mol. The number of aryl methyl sites for hydroxylation is 1. The number of hydrogen-bond acceptors (Lipinski definition) is 6. The SMILES string of the molecule is CCOc1cc(CN(C)C(c2ccccc2)c2nnnn2-c2ccccc2C)ccc1OC. The molecular formula is C26H29N5O2. The van der Waals surface area contributed by atoms with Gasteiger partial charge in [-0.3, -0.25) is 4.90 Å². The summed E-state index contributed by atoms with van der Waals surface area (Å²) in [5.41, 5.74) is 4.30. The van der Waals surface area contributed by atoms with Gasteiger partial charge < -0.3 is 9.47 Å². The largest absolute Gasteiger partial charge is 0.493 e. The molecule has 7 heteroatoms. The van der Waals surface area contributed by atoms with Crippen LogP contribution in [0, 0.1) is 6.92 Å². The minimum atomic E-state index is -0.154. The summed E-state index contributed by atoms with van der Waals surface area (Å²) in [6.45, 7) is 5.28. The molecule has 33 heavy (non-hydrogen) atoms. The molecule has 0 aliphatic heterocycles. The van der Waals surface area contributed by atoms with E-state index in [-0.39, 0.29) is 6.04 Å². The van der Waals surface area contributed by atoms with Crippen LogP contribution >= 0.6 is 0 Å². The molecule has 0 saturated heterocycles. The first-order chi connectivity index (χ1) is 16.1. The highest BCUT2D eigenvalue weighted by Gasteiger charge is 2.27. The minimum absolute atomic E-state index is 0.154. The summed E-state index contributed by atoms with van der Waals surface area (Å²) in [7, 11) is 3.74. The lowest BCUT2D eigenvalue weighted by atomic mass is 10.0. The third kappa shape index (κ3) is 4.88. The summed E-state index contributed by atoms with van der Waals surface area (Å²) >= 11 is 0. The molecule has 1 atom stereocenters. The van der Waals surface area contributed by atoms with Crippen LogP contribution in [0.4, 0.5) is 0 Å². The lowest BCUT2D eigenvalue weighted by Gasteiger charge is -2.28. The molecule has 1 heterocycles. The molecule has 0 N–H and O–H groups in total. The summed E-state index contributed by atoms with van der Waals surface area (Å²) in [5, 5.41) is 12.8. The van der Waals surface area contributed by atoms with Gasteiger partial charge in [0, 0.05) is 6.54 Å². The molecule has 170 valence electrons. The number of benzene rings is 3. The van der Waals surface area contributed by atoms with Crippen LogP contribution in [0.1, 0.15) is 35.5 Å². The fraction of sp³-hybridized carbons (Fsp3) is 0.269. The number of methoxy groups -OCH3 is 1. The molecule has 0 aliphatic rings. The van der Waals surface area contributed by atoms with Gasteiger partial charge in [-0.1, -0.05) is 54.6 Å². The zero-order chi connectivity index (χ0) is 23.2. The van der Waals surface area contributed by atoms with Gasteiger partial charge in [-0.05, 0) is 66.2 Å². The average molecular weight is 444 g/mol. The Hall–Kier alpha value is -3.71. The Morgan fingerprint density at radius 3 is 2.45 bits per heavy atom. The Morgan fingerprint density at radius 1 is 0.970 bits per heavy atom. The smallest absolute Gasteiger partial charge is 0.178 e. The monoisotopic (exact) mass is 443 g/mol. The number of para-hydroxylation sites is 1. The molecule has 1 unspecified atom stereocenters. The summed E-state index contributed by atoms with van der Waals surface area (Å²) in [6.07, 6.45) is 0. The molecule has 0 radical (unpaired) electrons. The number of aromatic nitrogens is 4. The van der Waals surface area contributed by atoms with Gasteiger partial charge in [-0.25, -0.2) is 0 Å². The molecule has 0 aliphatic carbocycles. The van der Waals surface area contributed by atoms with Crippen molar-refractivity contribution in [3.8, 4) is 17.2 Å². The van der Waals surface area contributed by atoms with E-state index < -0.39 is 0 Å². The van der Waals surface area contributed by atoms with E-state index in [4.69, 9.17) is 9.47 Å². The Labute approximate surface area is 194 Å². The second-order valence-corrected chi connectivity index (χ2v) is 7.88. The van der Waals surface area contributed by atoms with E-state index in [9.17, 15) is 0 Å². The molecule has 0 saturated carbocycles. The molecule has 7 nitrogen and oxygen atoms in total. The third-order valence-corrected chi connectivity index (χ3v) is 5.60. The van der Waals surface area contributed by atoms with Crippen molar-refractivity contribution in [1.82, 2.24) is 25.1 Å². The van der Waals surface area contributed by atoms with Gasteiger partial charge >= 0.3 is 0 Å². The quantitative estimate of drug-likeness (QED) is 0.377. The maximum atomic E-state index is 5.78. The van der Waals surface area contributed by atoms with E-state index in [1.165, 1.54) is 0 Å². The van der Waals surface area contributed by atoms with E-state index in [1.807, 2.05) is 60.1 Å². The zero-order valence-corrected chi connectivity index (χ0v) is 19.5. The van der Waals surface area contributed by atoms with Crippen LogP contribution in [-0.4, -0.2) is 45.9 Å². The van der Waals surface area contributed by atoms with Crippen molar-refractivity contribution in [2.24, 2.45) is 0 Å². The molecule has 1 aromatic heterocycles. The number of hydrogen-bond donors (Lipinski definition) is 0. The van der Waals surface area contributed by atoms with Crippen molar-refractivity contribution < 1.29 is 9.47 Å². The predicted octanol–water partition coefficient (Wildman–Crippen LogP) is 4.60. The van der Waals surface area contributed by atoms with Crippen LogP contribution in [-0.2, 0) is 6.54 Å². The van der Waals surface area contributed by atoms with Crippen molar-refractivity contribution >= 4 is 0 Å². The van der Waals surface area contributed by atoms with Crippen molar-refractivity contribution in [3.05, 3.63) is 95.3 Å². The van der Waals surface area contributed by atoms with Crippen molar-refractivity contribution in [1.29, 1.82) is 0 Å². The molecule has 0 bridgehead atoms. The molecule has 3 aromatic carbocycles. The second kappa shape index (κ2) is 10.3. The Morgan fingerprint density at radius 2 is 1.73 bits per heavy atom. The van der Waals surface area contributed by atoms with Crippen LogP contribution in [0.5, 0.6) is 11.5 Å². The van der Waals surface area contributed by atoms with Crippen LogP contribution < -0.4 is 9.47 Å². The normalized spacial score (nSPS) is 12.0. The first-order valence-electron chi connectivity index (χ1n) is 11.0. The topological polar surface area (TPSA) is 65.3 Å². The minimum Gasteiger partial charge on any atom is -0.493 e. The van der Waals surface area contributed by atoms with Gasteiger partial charge in [0.15, 0.2) is 17.3 Å². The summed E-state index contributed by atoms with van der Waals surface area (Å²) in [5.74, 6) is 2.23. The maximum Gasteiger partial charge on any atom is 0.178 e. The standard InChI is InChI=1S/C26H29N5O2/c1-5-33-24-17-20(15-16-23(24)32-4)18-30(3)25(21-12-7-6-8-13-21)26-27-28-29-31(26)22-14-10-9-11-19(22)2/h6-17,25H,5,18H2,1-4H3. The Balaban J connectivity index is 1.73. The average Bonchev–Trinajstić information content (AvgIpc) is 3.30. The molecule has 0 fully saturated rings. The van der Waals surface area contributed by atoms with Gasteiger partial charge in [-0.2, -0.15) is 4.68 Å². The first-order valence-corrected chi connectivity index (χ1v) is 11.0. The second-order valence-electron chi connectivity index (χ2n) is 7.88. The van der Waals surface area contributed by atoms with Crippen molar-refractivity contribution in [2.75, 3.05) is 20.8 Å². The molecule has 4 aromatic rings. The summed E-state index contributed by atoms with van der Waals surface area (Å²) in [4.78, 5) is 2.24. The van der Waals surface area contributed by atoms with Gasteiger partial charge in [0.25, 0.3) is 0 Å². The van der Waals surface area contributed by atoms with Crippen molar-refractivity contribution in [2.45, 2.75) is 26.4 Å². The third-order valence-electron chi connectivity index (χ3n) is 5.60. The van der Waals surface area contributed by atoms with Gasteiger partial charge in [-0.15, -0.1) is 5.10 Å². The Bertz CT molecular complexity index is 1190. The summed E-state index contributed by atoms with van der Waals surface area (Å²) < 4.78 is 13.1. The fourth-order valence-corrected chi connectivity index (χ4v) is 4.04. The van der Waals surface area contributed by atoms with E-state index in [0.29, 0.717) is 13.2 Å². The van der Waals surface area contributed by atoms with E-state index >= 15 is 0 Å². The van der Waals surface area contributed by atoms with E-state index in [2.05, 4.69) is 58.7 Å². The highest BCUT2D eigenvalue weighted by atomic mass is 16.5.